The Bertz CT molecular complexity index is 555. The van der Waals surface area contributed by atoms with E-state index in [2.05, 4.69) is 57.0 Å². The van der Waals surface area contributed by atoms with Gasteiger partial charge < -0.3 is 10.6 Å². The van der Waals surface area contributed by atoms with Crippen LogP contribution < -0.4 is 10.6 Å². The maximum Gasteiger partial charge on any atom is 0.185 e. The molecule has 108 valence electrons. The van der Waals surface area contributed by atoms with Crippen LogP contribution in [0.5, 0.6) is 0 Å². The average Bonchev–Trinajstić information content (AvgIpc) is 2.84. The summed E-state index contributed by atoms with van der Waals surface area (Å²) in [6.45, 7) is 7.97. The van der Waals surface area contributed by atoms with Crippen molar-refractivity contribution < 1.29 is 0 Å². The van der Waals surface area contributed by atoms with Gasteiger partial charge in [0.25, 0.3) is 0 Å². The quantitative estimate of drug-likeness (QED) is 0.936. The summed E-state index contributed by atoms with van der Waals surface area (Å²) in [7, 11) is 2.08. The normalized spacial score (nSPS) is 11.7. The van der Waals surface area contributed by atoms with Gasteiger partial charge in [-0.25, -0.2) is 4.98 Å². The lowest BCUT2D eigenvalue weighted by molar-refractivity contribution is 0.566. The lowest BCUT2D eigenvalue weighted by Gasteiger charge is -2.18. The van der Waals surface area contributed by atoms with Gasteiger partial charge in [0.15, 0.2) is 5.13 Å². The van der Waals surface area contributed by atoms with E-state index >= 15 is 0 Å². The first-order valence-electron chi connectivity index (χ1n) is 6.87. The Morgan fingerprint density at radius 1 is 1.20 bits per heavy atom. The van der Waals surface area contributed by atoms with Crippen LogP contribution in [-0.2, 0) is 18.5 Å². The van der Waals surface area contributed by atoms with Crippen LogP contribution >= 0.6 is 11.3 Å². The van der Waals surface area contributed by atoms with E-state index in [4.69, 9.17) is 10.7 Å². The molecule has 2 N–H and O–H groups in total. The van der Waals surface area contributed by atoms with E-state index in [1.807, 2.05) is 6.07 Å². The molecule has 0 aliphatic heterocycles. The molecule has 0 saturated heterocycles. The second-order valence-electron chi connectivity index (χ2n) is 6.06. The number of nitrogens with two attached hydrogens (primary N) is 1. The molecule has 0 fully saturated rings. The number of hydrogen-bond acceptors (Lipinski definition) is 4. The van der Waals surface area contributed by atoms with Gasteiger partial charge in [-0.15, -0.1) is 11.3 Å². The van der Waals surface area contributed by atoms with Crippen LogP contribution in [0.2, 0.25) is 0 Å². The van der Waals surface area contributed by atoms with Crippen molar-refractivity contribution in [2.24, 2.45) is 5.73 Å². The van der Waals surface area contributed by atoms with Crippen molar-refractivity contribution in [3.05, 3.63) is 46.5 Å². The Balaban J connectivity index is 2.23. The molecular weight excluding hydrogens is 266 g/mol. The zero-order valence-electron chi connectivity index (χ0n) is 12.7. The highest BCUT2D eigenvalue weighted by Crippen LogP contribution is 2.33. The van der Waals surface area contributed by atoms with Crippen molar-refractivity contribution in [1.29, 1.82) is 0 Å². The fourth-order valence-electron chi connectivity index (χ4n) is 2.15. The Morgan fingerprint density at radius 2 is 1.85 bits per heavy atom. The highest BCUT2D eigenvalue weighted by molar-refractivity contribution is 7.15. The summed E-state index contributed by atoms with van der Waals surface area (Å²) in [5.74, 6) is 0. The predicted octanol–water partition coefficient (Wildman–Crippen LogP) is 3.54. The molecule has 0 aliphatic carbocycles. The SMILES string of the molecule is CN(Cc1ccccc1)c1nc(C(C)(C)C)c(CN)s1. The fourth-order valence-corrected chi connectivity index (χ4v) is 3.26. The monoisotopic (exact) mass is 289 g/mol. The summed E-state index contributed by atoms with van der Waals surface area (Å²) in [6, 6.07) is 10.4. The summed E-state index contributed by atoms with van der Waals surface area (Å²) in [4.78, 5) is 8.19. The van der Waals surface area contributed by atoms with E-state index in [1.54, 1.807) is 11.3 Å². The van der Waals surface area contributed by atoms with Gasteiger partial charge in [-0.1, -0.05) is 51.1 Å². The van der Waals surface area contributed by atoms with Crippen molar-refractivity contribution >= 4 is 16.5 Å². The summed E-state index contributed by atoms with van der Waals surface area (Å²) in [5.41, 5.74) is 8.32. The lowest BCUT2D eigenvalue weighted by Crippen LogP contribution is -2.18. The molecule has 1 aromatic heterocycles. The van der Waals surface area contributed by atoms with E-state index in [1.165, 1.54) is 10.4 Å². The van der Waals surface area contributed by atoms with Gasteiger partial charge in [-0.2, -0.15) is 0 Å². The van der Waals surface area contributed by atoms with E-state index in [0.29, 0.717) is 6.54 Å². The fraction of sp³-hybridized carbons (Fsp3) is 0.438. The van der Waals surface area contributed by atoms with Crippen LogP contribution in [0.4, 0.5) is 5.13 Å². The number of rotatable bonds is 4. The highest BCUT2D eigenvalue weighted by atomic mass is 32.1. The second kappa shape index (κ2) is 5.94. The number of nitrogens with zero attached hydrogens (tertiary/aromatic N) is 2. The molecule has 0 spiro atoms. The molecule has 2 rings (SSSR count). The van der Waals surface area contributed by atoms with E-state index in [9.17, 15) is 0 Å². The largest absolute Gasteiger partial charge is 0.347 e. The maximum atomic E-state index is 5.87. The summed E-state index contributed by atoms with van der Waals surface area (Å²) >= 11 is 1.70. The summed E-state index contributed by atoms with van der Waals surface area (Å²) < 4.78 is 0. The molecule has 2 aromatic rings. The zero-order valence-corrected chi connectivity index (χ0v) is 13.5. The molecule has 20 heavy (non-hydrogen) atoms. The van der Waals surface area contributed by atoms with Crippen LogP contribution in [0, 0.1) is 0 Å². The molecule has 3 nitrogen and oxygen atoms in total. The smallest absolute Gasteiger partial charge is 0.185 e. The maximum absolute atomic E-state index is 5.87. The first kappa shape index (κ1) is 15.0. The molecule has 0 atom stereocenters. The third-order valence-electron chi connectivity index (χ3n) is 3.17. The molecule has 0 saturated carbocycles. The molecule has 0 unspecified atom stereocenters. The number of aromatic nitrogens is 1. The topological polar surface area (TPSA) is 42.2 Å². The predicted molar refractivity (Wildman–Crippen MR) is 87.3 cm³/mol. The van der Waals surface area contributed by atoms with Crippen molar-refractivity contribution in [2.45, 2.75) is 39.3 Å². The third-order valence-corrected chi connectivity index (χ3v) is 4.36. The van der Waals surface area contributed by atoms with Gasteiger partial charge in [0.05, 0.1) is 5.69 Å². The Labute approximate surface area is 125 Å². The van der Waals surface area contributed by atoms with E-state index in [0.717, 1.165) is 17.4 Å². The molecule has 0 bridgehead atoms. The molecule has 0 amide bonds. The second-order valence-corrected chi connectivity index (χ2v) is 7.13. The molecule has 0 radical (unpaired) electrons. The van der Waals surface area contributed by atoms with Crippen LogP contribution in [0.15, 0.2) is 30.3 Å². The van der Waals surface area contributed by atoms with Crippen molar-refractivity contribution in [2.75, 3.05) is 11.9 Å². The Kier molecular flexibility index (Phi) is 4.45. The molecule has 0 aliphatic rings. The molecular formula is C16H23N3S. The molecule has 4 heteroatoms. The number of hydrogen-bond donors (Lipinski definition) is 1. The van der Waals surface area contributed by atoms with Crippen LogP contribution in [-0.4, -0.2) is 12.0 Å². The summed E-state index contributed by atoms with van der Waals surface area (Å²) in [5, 5.41) is 1.04. The first-order valence-corrected chi connectivity index (χ1v) is 7.69. The Hall–Kier alpha value is -1.39. The highest BCUT2D eigenvalue weighted by Gasteiger charge is 2.23. The van der Waals surface area contributed by atoms with Gasteiger partial charge >= 0.3 is 0 Å². The lowest BCUT2D eigenvalue weighted by atomic mass is 9.91. The minimum atomic E-state index is 0.0387. The summed E-state index contributed by atoms with van der Waals surface area (Å²) in [6.07, 6.45) is 0. The van der Waals surface area contributed by atoms with Crippen LogP contribution in [0.3, 0.4) is 0 Å². The van der Waals surface area contributed by atoms with Crippen molar-refractivity contribution in [3.8, 4) is 0 Å². The Morgan fingerprint density at radius 3 is 2.35 bits per heavy atom. The van der Waals surface area contributed by atoms with E-state index in [-0.39, 0.29) is 5.41 Å². The standard InChI is InChI=1S/C16H23N3S/c1-16(2,3)14-13(10-17)20-15(18-14)19(4)11-12-8-6-5-7-9-12/h5-9H,10-11,17H2,1-4H3. The minimum absolute atomic E-state index is 0.0387. The number of thiazole rings is 1. The number of anilines is 1. The van der Waals surface area contributed by atoms with E-state index < -0.39 is 0 Å². The van der Waals surface area contributed by atoms with Crippen molar-refractivity contribution in [3.63, 3.8) is 0 Å². The average molecular weight is 289 g/mol. The third kappa shape index (κ3) is 3.38. The van der Waals surface area contributed by atoms with Crippen molar-refractivity contribution in [1.82, 2.24) is 4.98 Å². The first-order chi connectivity index (χ1) is 9.41. The van der Waals surface area contributed by atoms with Crippen LogP contribution in [0.25, 0.3) is 0 Å². The van der Waals surface area contributed by atoms with Gasteiger partial charge in [-0.3, -0.25) is 0 Å². The molecule has 1 aromatic carbocycles. The minimum Gasteiger partial charge on any atom is -0.347 e. The van der Waals surface area contributed by atoms with Gasteiger partial charge in [0, 0.05) is 30.4 Å². The molecule has 1 heterocycles. The van der Waals surface area contributed by atoms with Gasteiger partial charge in [0.1, 0.15) is 0 Å². The number of benzene rings is 1. The van der Waals surface area contributed by atoms with Gasteiger partial charge in [0.2, 0.25) is 0 Å². The van der Waals surface area contributed by atoms with Gasteiger partial charge in [-0.05, 0) is 5.56 Å². The van der Waals surface area contributed by atoms with Crippen LogP contribution in [0.1, 0.15) is 36.9 Å². The zero-order chi connectivity index (χ0) is 14.8.